The van der Waals surface area contributed by atoms with Crippen molar-refractivity contribution in [2.24, 2.45) is 0 Å². The molecule has 26 heavy (non-hydrogen) atoms. The molecule has 2 bridgehead atoms. The Kier molecular flexibility index (Phi) is 4.91. The molecule has 0 spiro atoms. The number of aromatic nitrogens is 1. The molecule has 1 aromatic carbocycles. The van der Waals surface area contributed by atoms with Gasteiger partial charge in [0, 0.05) is 43.7 Å². The van der Waals surface area contributed by atoms with Gasteiger partial charge in [0.1, 0.15) is 11.9 Å². The van der Waals surface area contributed by atoms with Crippen LogP contribution in [0.2, 0.25) is 0 Å². The van der Waals surface area contributed by atoms with Crippen LogP contribution in [0.3, 0.4) is 0 Å². The number of pyridine rings is 1. The third kappa shape index (κ3) is 3.59. The van der Waals surface area contributed by atoms with Crippen LogP contribution in [0, 0.1) is 0 Å². The lowest BCUT2D eigenvalue weighted by atomic mass is 9.94. The van der Waals surface area contributed by atoms with Gasteiger partial charge in [-0.3, -0.25) is 9.78 Å². The van der Waals surface area contributed by atoms with E-state index in [1.54, 1.807) is 12.4 Å². The Hall–Kier alpha value is -2.36. The number of amides is 1. The largest absolute Gasteiger partial charge is 0.490 e. The molecule has 1 amide bonds. The van der Waals surface area contributed by atoms with Gasteiger partial charge in [-0.05, 0) is 36.5 Å². The third-order valence-corrected chi connectivity index (χ3v) is 5.78. The van der Waals surface area contributed by atoms with Gasteiger partial charge in [0.2, 0.25) is 5.91 Å². The Morgan fingerprint density at radius 3 is 2.42 bits per heavy atom. The molecule has 0 saturated carbocycles. The second-order valence-corrected chi connectivity index (χ2v) is 7.60. The fourth-order valence-electron chi connectivity index (χ4n) is 4.51. The smallest absolute Gasteiger partial charge is 0.223 e. The number of hydrogen-bond donors (Lipinski definition) is 0. The minimum Gasteiger partial charge on any atom is -0.490 e. The minimum atomic E-state index is 0.200. The molecule has 2 aliphatic rings. The molecule has 2 aliphatic heterocycles. The molecule has 4 heteroatoms. The molecular weight excluding hydrogens is 324 g/mol. The van der Waals surface area contributed by atoms with Crippen molar-refractivity contribution in [1.82, 2.24) is 9.88 Å². The van der Waals surface area contributed by atoms with E-state index in [1.807, 2.05) is 30.3 Å². The maximum absolute atomic E-state index is 13.0. The van der Waals surface area contributed by atoms with Crippen molar-refractivity contribution in [2.45, 2.75) is 63.1 Å². The molecule has 3 atom stereocenters. The van der Waals surface area contributed by atoms with Gasteiger partial charge in [-0.1, -0.05) is 37.3 Å². The molecule has 2 saturated heterocycles. The van der Waals surface area contributed by atoms with Crippen molar-refractivity contribution in [3.63, 3.8) is 0 Å². The fourth-order valence-corrected chi connectivity index (χ4v) is 4.51. The summed E-state index contributed by atoms with van der Waals surface area (Å²) in [7, 11) is 0. The van der Waals surface area contributed by atoms with Gasteiger partial charge in [0.25, 0.3) is 0 Å². The molecule has 0 N–H and O–H groups in total. The molecule has 2 aromatic rings. The summed E-state index contributed by atoms with van der Waals surface area (Å²) >= 11 is 0. The van der Waals surface area contributed by atoms with Gasteiger partial charge >= 0.3 is 0 Å². The first-order valence-electron chi connectivity index (χ1n) is 9.63. The summed E-state index contributed by atoms with van der Waals surface area (Å²) in [5.41, 5.74) is 1.24. The summed E-state index contributed by atoms with van der Waals surface area (Å²) in [5.74, 6) is 1.44. The fraction of sp³-hybridized carbons (Fsp3) is 0.455. The van der Waals surface area contributed by atoms with E-state index >= 15 is 0 Å². The predicted molar refractivity (Wildman–Crippen MR) is 101 cm³/mol. The lowest BCUT2D eigenvalue weighted by Crippen LogP contribution is -2.49. The zero-order valence-corrected chi connectivity index (χ0v) is 15.3. The Balaban J connectivity index is 1.38. The Bertz CT molecular complexity index is 720. The van der Waals surface area contributed by atoms with E-state index in [9.17, 15) is 4.79 Å². The predicted octanol–water partition coefficient (Wildman–Crippen LogP) is 4.18. The molecule has 136 valence electrons. The number of carbonyl (C=O) groups is 1. The van der Waals surface area contributed by atoms with Crippen molar-refractivity contribution in [2.75, 3.05) is 0 Å². The van der Waals surface area contributed by atoms with Crippen molar-refractivity contribution in [3.05, 3.63) is 60.4 Å². The van der Waals surface area contributed by atoms with E-state index in [2.05, 4.69) is 28.9 Å². The van der Waals surface area contributed by atoms with E-state index in [1.165, 1.54) is 5.56 Å². The highest BCUT2D eigenvalue weighted by molar-refractivity contribution is 5.78. The Labute approximate surface area is 155 Å². The highest BCUT2D eigenvalue weighted by Gasteiger charge is 2.44. The highest BCUT2D eigenvalue weighted by Crippen LogP contribution is 2.38. The molecule has 3 unspecified atom stereocenters. The summed E-state index contributed by atoms with van der Waals surface area (Å²) in [4.78, 5) is 19.2. The van der Waals surface area contributed by atoms with Crippen molar-refractivity contribution in [1.29, 1.82) is 0 Å². The Morgan fingerprint density at radius 1 is 1.12 bits per heavy atom. The molecular formula is C22H26N2O2. The van der Waals surface area contributed by atoms with Crippen LogP contribution < -0.4 is 4.74 Å². The first-order valence-corrected chi connectivity index (χ1v) is 9.63. The number of carbonyl (C=O) groups excluding carboxylic acids is 1. The standard InChI is InChI=1S/C22H26N2O2/c1-16(17-5-3-2-4-6-17)13-22(25)24-18-7-8-19(24)15-21(14-18)26-20-9-11-23-12-10-20/h2-6,9-12,16,18-19,21H,7-8,13-15H2,1H3. The zero-order valence-electron chi connectivity index (χ0n) is 15.3. The highest BCUT2D eigenvalue weighted by atomic mass is 16.5. The lowest BCUT2D eigenvalue weighted by Gasteiger charge is -2.39. The number of fused-ring (bicyclic) bond motifs is 2. The summed E-state index contributed by atoms with van der Waals surface area (Å²) in [5, 5.41) is 0. The van der Waals surface area contributed by atoms with Crippen LogP contribution in [0.4, 0.5) is 0 Å². The van der Waals surface area contributed by atoms with E-state index in [4.69, 9.17) is 4.74 Å². The number of ether oxygens (including phenoxy) is 1. The topological polar surface area (TPSA) is 42.4 Å². The monoisotopic (exact) mass is 350 g/mol. The maximum atomic E-state index is 13.0. The number of benzene rings is 1. The zero-order chi connectivity index (χ0) is 17.9. The van der Waals surface area contributed by atoms with Crippen LogP contribution in [-0.4, -0.2) is 34.0 Å². The second kappa shape index (κ2) is 7.48. The number of piperidine rings is 1. The molecule has 2 fully saturated rings. The van der Waals surface area contributed by atoms with E-state index in [0.29, 0.717) is 24.4 Å². The minimum absolute atomic E-state index is 0.200. The maximum Gasteiger partial charge on any atom is 0.223 e. The molecule has 0 aliphatic carbocycles. The second-order valence-electron chi connectivity index (χ2n) is 7.60. The van der Waals surface area contributed by atoms with Gasteiger partial charge in [-0.2, -0.15) is 0 Å². The quantitative estimate of drug-likeness (QED) is 0.812. The normalized spacial score (nSPS) is 25.7. The SMILES string of the molecule is CC(CC(=O)N1C2CCC1CC(Oc1ccncc1)C2)c1ccccc1. The third-order valence-electron chi connectivity index (χ3n) is 5.78. The number of nitrogens with zero attached hydrogens (tertiary/aromatic N) is 2. The van der Waals surface area contributed by atoms with Crippen LogP contribution >= 0.6 is 0 Å². The van der Waals surface area contributed by atoms with E-state index < -0.39 is 0 Å². The number of hydrogen-bond acceptors (Lipinski definition) is 3. The van der Waals surface area contributed by atoms with E-state index in [0.717, 1.165) is 31.4 Å². The van der Waals surface area contributed by atoms with Gasteiger partial charge in [0.05, 0.1) is 0 Å². The van der Waals surface area contributed by atoms with Crippen LogP contribution in [-0.2, 0) is 4.79 Å². The molecule has 0 radical (unpaired) electrons. The van der Waals surface area contributed by atoms with Crippen LogP contribution in [0.15, 0.2) is 54.9 Å². The van der Waals surface area contributed by atoms with Gasteiger partial charge in [-0.15, -0.1) is 0 Å². The first kappa shape index (κ1) is 17.1. The summed E-state index contributed by atoms with van der Waals surface area (Å²) in [6, 6.07) is 14.8. The Morgan fingerprint density at radius 2 is 1.77 bits per heavy atom. The van der Waals surface area contributed by atoms with Crippen LogP contribution in [0.1, 0.15) is 50.5 Å². The summed E-state index contributed by atoms with van der Waals surface area (Å²) in [6.07, 6.45) is 8.38. The summed E-state index contributed by atoms with van der Waals surface area (Å²) in [6.45, 7) is 2.15. The average molecular weight is 350 g/mol. The van der Waals surface area contributed by atoms with Crippen molar-refractivity contribution in [3.8, 4) is 5.75 Å². The first-order chi connectivity index (χ1) is 12.7. The van der Waals surface area contributed by atoms with Crippen molar-refractivity contribution < 1.29 is 9.53 Å². The molecule has 3 heterocycles. The molecule has 1 aromatic heterocycles. The van der Waals surface area contributed by atoms with Gasteiger partial charge in [0.15, 0.2) is 0 Å². The molecule has 4 rings (SSSR count). The lowest BCUT2D eigenvalue weighted by molar-refractivity contribution is -0.137. The van der Waals surface area contributed by atoms with Crippen molar-refractivity contribution >= 4 is 5.91 Å². The summed E-state index contributed by atoms with van der Waals surface area (Å²) < 4.78 is 6.14. The van der Waals surface area contributed by atoms with E-state index in [-0.39, 0.29) is 12.0 Å². The van der Waals surface area contributed by atoms with Gasteiger partial charge in [-0.25, -0.2) is 0 Å². The molecule has 4 nitrogen and oxygen atoms in total. The van der Waals surface area contributed by atoms with Crippen LogP contribution in [0.25, 0.3) is 0 Å². The van der Waals surface area contributed by atoms with Crippen LogP contribution in [0.5, 0.6) is 5.75 Å². The van der Waals surface area contributed by atoms with Gasteiger partial charge < -0.3 is 9.64 Å². The average Bonchev–Trinajstić information content (AvgIpc) is 2.94. The number of rotatable bonds is 5.